The molecule has 4 amide bonds. The number of ether oxygens (including phenoxy) is 1. The van der Waals surface area contributed by atoms with E-state index in [4.69, 9.17) is 4.74 Å². The molecule has 1 aliphatic carbocycles. The number of esters is 1. The summed E-state index contributed by atoms with van der Waals surface area (Å²) < 4.78 is 4.89. The van der Waals surface area contributed by atoms with Crippen LogP contribution >= 0.6 is 0 Å². The Morgan fingerprint density at radius 3 is 2.59 bits per heavy atom. The lowest BCUT2D eigenvalue weighted by atomic mass is 9.92. The maximum Gasteiger partial charge on any atom is 0.326 e. The second-order valence-electron chi connectivity index (χ2n) is 7.61. The number of nitrogens with zero attached hydrogens (tertiary/aromatic N) is 2. The van der Waals surface area contributed by atoms with Gasteiger partial charge in [-0.05, 0) is 38.2 Å². The molecule has 0 spiro atoms. The average Bonchev–Trinajstić information content (AvgIpc) is 3.53. The standard InChI is InChI=1S/C20H22N4O5/c1-19(12-21,13-8-9-13)22-15(25)11-29-16(26)10-24-17(27)20(2,23-18(24)28)14-6-4-3-5-7-14/h3-7,13H,8-11H2,1-2H3,(H,22,25)(H,23,28)/t19-,20+/m1/s1. The molecule has 0 bridgehead atoms. The third kappa shape index (κ3) is 4.06. The summed E-state index contributed by atoms with van der Waals surface area (Å²) in [5.74, 6) is -2.00. The molecule has 1 aromatic carbocycles. The number of carbonyl (C=O) groups is 4. The van der Waals surface area contributed by atoms with Gasteiger partial charge in [0.2, 0.25) is 0 Å². The fraction of sp³-hybridized carbons (Fsp3) is 0.450. The van der Waals surface area contributed by atoms with Crippen molar-refractivity contribution in [1.82, 2.24) is 15.5 Å². The predicted octanol–water partition coefficient (Wildman–Crippen LogP) is 0.805. The second-order valence-corrected chi connectivity index (χ2v) is 7.61. The number of rotatable bonds is 7. The number of hydrogen-bond donors (Lipinski definition) is 2. The van der Waals surface area contributed by atoms with Crippen molar-refractivity contribution in [3.05, 3.63) is 35.9 Å². The Morgan fingerprint density at radius 1 is 1.34 bits per heavy atom. The first-order valence-electron chi connectivity index (χ1n) is 9.27. The van der Waals surface area contributed by atoms with Crippen molar-refractivity contribution in [3.8, 4) is 6.07 Å². The normalized spacial score (nSPS) is 23.0. The molecule has 3 rings (SSSR count). The molecule has 9 nitrogen and oxygen atoms in total. The van der Waals surface area contributed by atoms with Crippen LogP contribution in [0.4, 0.5) is 4.79 Å². The summed E-state index contributed by atoms with van der Waals surface area (Å²) in [5.41, 5.74) is -1.69. The van der Waals surface area contributed by atoms with E-state index in [0.717, 1.165) is 17.7 Å². The summed E-state index contributed by atoms with van der Waals surface area (Å²) in [7, 11) is 0. The lowest BCUT2D eigenvalue weighted by Gasteiger charge is -2.23. The van der Waals surface area contributed by atoms with Crippen molar-refractivity contribution in [1.29, 1.82) is 5.26 Å². The zero-order valence-corrected chi connectivity index (χ0v) is 16.2. The van der Waals surface area contributed by atoms with Gasteiger partial charge in [0.25, 0.3) is 11.8 Å². The fourth-order valence-electron chi connectivity index (χ4n) is 3.34. The van der Waals surface area contributed by atoms with Gasteiger partial charge in [-0.1, -0.05) is 30.3 Å². The molecule has 0 unspecified atom stereocenters. The SMILES string of the molecule is C[C@](C#N)(NC(=O)COC(=O)CN1C(=O)N[C@@](C)(c2ccccc2)C1=O)C1CC1. The van der Waals surface area contributed by atoms with Crippen LogP contribution in [0.15, 0.2) is 30.3 Å². The van der Waals surface area contributed by atoms with Crippen LogP contribution in [-0.4, -0.2) is 47.4 Å². The van der Waals surface area contributed by atoms with Gasteiger partial charge >= 0.3 is 12.0 Å². The lowest BCUT2D eigenvalue weighted by Crippen LogP contribution is -2.48. The highest BCUT2D eigenvalue weighted by Gasteiger charge is 2.49. The average molecular weight is 398 g/mol. The highest BCUT2D eigenvalue weighted by Crippen LogP contribution is 2.39. The molecule has 9 heteroatoms. The van der Waals surface area contributed by atoms with E-state index in [9.17, 15) is 24.4 Å². The van der Waals surface area contributed by atoms with E-state index in [1.807, 2.05) is 0 Å². The van der Waals surface area contributed by atoms with E-state index >= 15 is 0 Å². The summed E-state index contributed by atoms with van der Waals surface area (Å²) >= 11 is 0. The summed E-state index contributed by atoms with van der Waals surface area (Å²) in [6, 6.07) is 10.0. The lowest BCUT2D eigenvalue weighted by molar-refractivity contribution is -0.151. The van der Waals surface area contributed by atoms with E-state index in [1.165, 1.54) is 0 Å². The Kier molecular flexibility index (Phi) is 5.29. The number of imide groups is 1. The van der Waals surface area contributed by atoms with Crippen LogP contribution in [0, 0.1) is 17.2 Å². The number of carbonyl (C=O) groups excluding carboxylic acids is 4. The van der Waals surface area contributed by atoms with E-state index in [-0.39, 0.29) is 5.92 Å². The van der Waals surface area contributed by atoms with E-state index in [2.05, 4.69) is 16.7 Å². The Labute approximate surface area is 168 Å². The van der Waals surface area contributed by atoms with Crippen molar-refractivity contribution in [3.63, 3.8) is 0 Å². The van der Waals surface area contributed by atoms with Gasteiger partial charge in [0.05, 0.1) is 6.07 Å². The van der Waals surface area contributed by atoms with Gasteiger partial charge < -0.3 is 15.4 Å². The van der Waals surface area contributed by atoms with Crippen LogP contribution in [0.2, 0.25) is 0 Å². The second kappa shape index (κ2) is 7.54. The van der Waals surface area contributed by atoms with Gasteiger partial charge in [-0.25, -0.2) is 4.79 Å². The third-order valence-electron chi connectivity index (χ3n) is 5.30. The molecule has 1 saturated carbocycles. The highest BCUT2D eigenvalue weighted by atomic mass is 16.5. The molecular formula is C20H22N4O5. The van der Waals surface area contributed by atoms with Crippen molar-refractivity contribution in [2.24, 2.45) is 5.92 Å². The maximum atomic E-state index is 12.7. The first-order valence-corrected chi connectivity index (χ1v) is 9.27. The topological polar surface area (TPSA) is 129 Å². The number of nitrogens with one attached hydrogen (secondary N) is 2. The van der Waals surface area contributed by atoms with Crippen LogP contribution in [0.1, 0.15) is 32.3 Å². The van der Waals surface area contributed by atoms with E-state index < -0.39 is 48.0 Å². The Balaban J connectivity index is 1.55. The van der Waals surface area contributed by atoms with Crippen LogP contribution < -0.4 is 10.6 Å². The molecule has 0 aromatic heterocycles. The van der Waals surface area contributed by atoms with Crippen molar-refractivity contribution in [2.45, 2.75) is 37.8 Å². The van der Waals surface area contributed by atoms with Crippen molar-refractivity contribution < 1.29 is 23.9 Å². The van der Waals surface area contributed by atoms with Crippen LogP contribution in [0.5, 0.6) is 0 Å². The molecule has 1 aliphatic heterocycles. The van der Waals surface area contributed by atoms with Crippen LogP contribution in [0.25, 0.3) is 0 Å². The smallest absolute Gasteiger partial charge is 0.326 e. The summed E-state index contributed by atoms with van der Waals surface area (Å²) in [4.78, 5) is 49.8. The summed E-state index contributed by atoms with van der Waals surface area (Å²) in [5, 5.41) is 14.4. The van der Waals surface area contributed by atoms with Crippen molar-refractivity contribution >= 4 is 23.8 Å². The van der Waals surface area contributed by atoms with Gasteiger partial charge in [0.1, 0.15) is 17.6 Å². The minimum atomic E-state index is -1.28. The van der Waals surface area contributed by atoms with Gasteiger partial charge in [0, 0.05) is 0 Å². The highest BCUT2D eigenvalue weighted by molar-refractivity contribution is 6.08. The first-order chi connectivity index (χ1) is 13.7. The quantitative estimate of drug-likeness (QED) is 0.516. The molecule has 0 radical (unpaired) electrons. The summed E-state index contributed by atoms with van der Waals surface area (Å²) in [6.45, 7) is 1.98. The Hall–Kier alpha value is -3.41. The molecular weight excluding hydrogens is 376 g/mol. The molecule has 2 atom stereocenters. The fourth-order valence-corrected chi connectivity index (χ4v) is 3.34. The van der Waals surface area contributed by atoms with Gasteiger partial charge in [-0.3, -0.25) is 19.3 Å². The molecule has 1 heterocycles. The van der Waals surface area contributed by atoms with E-state index in [0.29, 0.717) is 5.56 Å². The molecule has 2 fully saturated rings. The van der Waals surface area contributed by atoms with Gasteiger partial charge in [-0.15, -0.1) is 0 Å². The number of nitriles is 1. The molecule has 152 valence electrons. The number of amides is 4. The maximum absolute atomic E-state index is 12.7. The largest absolute Gasteiger partial charge is 0.454 e. The van der Waals surface area contributed by atoms with Crippen molar-refractivity contribution in [2.75, 3.05) is 13.2 Å². The van der Waals surface area contributed by atoms with Gasteiger partial charge in [-0.2, -0.15) is 5.26 Å². The first kappa shape index (κ1) is 20.3. The number of hydrogen-bond acceptors (Lipinski definition) is 6. The minimum Gasteiger partial charge on any atom is -0.454 e. The number of urea groups is 1. The molecule has 1 saturated heterocycles. The monoisotopic (exact) mass is 398 g/mol. The minimum absolute atomic E-state index is 0.0914. The van der Waals surface area contributed by atoms with Crippen LogP contribution in [0.3, 0.4) is 0 Å². The third-order valence-corrected chi connectivity index (χ3v) is 5.30. The zero-order valence-electron chi connectivity index (χ0n) is 16.2. The van der Waals surface area contributed by atoms with E-state index in [1.54, 1.807) is 44.2 Å². The van der Waals surface area contributed by atoms with Crippen LogP contribution in [-0.2, 0) is 24.7 Å². The summed E-state index contributed by atoms with van der Waals surface area (Å²) in [6.07, 6.45) is 1.72. The molecule has 29 heavy (non-hydrogen) atoms. The Morgan fingerprint density at radius 2 is 2.00 bits per heavy atom. The zero-order chi connectivity index (χ0) is 21.2. The Bertz CT molecular complexity index is 892. The molecule has 2 aliphatic rings. The molecule has 2 N–H and O–H groups in total. The molecule has 1 aromatic rings. The van der Waals surface area contributed by atoms with Gasteiger partial charge in [0.15, 0.2) is 6.61 Å². The number of benzene rings is 1. The predicted molar refractivity (Wildman–Crippen MR) is 99.9 cm³/mol.